The number of halogens is 11. The molecule has 0 aromatic heterocycles. The average Bonchev–Trinajstić information content (AvgIpc) is 2.63. The smallest absolute Gasteiger partial charge is 0.465 e. The van der Waals surface area contributed by atoms with Crippen molar-refractivity contribution in [3.05, 3.63) is 29.3 Å². The largest absolute Gasteiger partial charge is 0.494 e. The van der Waals surface area contributed by atoms with Gasteiger partial charge in [0.25, 0.3) is 0 Å². The Balaban J connectivity index is 3.36. The number of rotatable bonds is 8. The Hall–Kier alpha value is -2.85. The molecule has 0 aliphatic carbocycles. The molecular formula is C15H9F11O6. The fourth-order valence-corrected chi connectivity index (χ4v) is 1.79. The first-order valence-electron chi connectivity index (χ1n) is 7.51. The van der Waals surface area contributed by atoms with Gasteiger partial charge in [0.05, 0.1) is 25.3 Å². The molecule has 0 unspecified atom stereocenters. The van der Waals surface area contributed by atoms with Gasteiger partial charge in [-0.1, -0.05) is 0 Å². The summed E-state index contributed by atoms with van der Waals surface area (Å²) in [6, 6.07) is 1.10. The zero-order valence-electron chi connectivity index (χ0n) is 15.3. The molecule has 0 saturated carbocycles. The Morgan fingerprint density at radius 3 is 1.41 bits per heavy atom. The maximum Gasteiger partial charge on any atom is 0.494 e. The fraction of sp³-hybridized carbons (Fsp3) is 0.467. The maximum atomic E-state index is 13.7. The SMILES string of the molecule is COC(=O)c1cc(OC(F)(F)C(F)(F)OC(F)(F)C(F)(F)C(F)(F)F)cc(C(=O)OC)c1. The van der Waals surface area contributed by atoms with Crippen LogP contribution in [0.4, 0.5) is 48.3 Å². The number of ether oxygens (including phenoxy) is 4. The van der Waals surface area contributed by atoms with Crippen LogP contribution in [-0.4, -0.2) is 56.6 Å². The number of carbonyl (C=O) groups excluding carboxylic acids is 2. The molecule has 0 amide bonds. The van der Waals surface area contributed by atoms with Gasteiger partial charge >= 0.3 is 42.4 Å². The lowest BCUT2D eigenvalue weighted by molar-refractivity contribution is -0.513. The fourth-order valence-electron chi connectivity index (χ4n) is 1.79. The molecule has 1 rings (SSSR count). The number of hydrogen-bond donors (Lipinski definition) is 0. The van der Waals surface area contributed by atoms with E-state index in [1.165, 1.54) is 0 Å². The second-order valence-corrected chi connectivity index (χ2v) is 5.56. The number of carbonyl (C=O) groups is 2. The van der Waals surface area contributed by atoms with Crippen LogP contribution < -0.4 is 4.74 Å². The van der Waals surface area contributed by atoms with E-state index in [-0.39, 0.29) is 12.1 Å². The summed E-state index contributed by atoms with van der Waals surface area (Å²) in [5.74, 6) is -11.5. The van der Waals surface area contributed by atoms with E-state index in [4.69, 9.17) is 0 Å². The summed E-state index contributed by atoms with van der Waals surface area (Å²) in [6.07, 6.45) is -27.5. The van der Waals surface area contributed by atoms with E-state index in [9.17, 15) is 57.9 Å². The highest BCUT2D eigenvalue weighted by Crippen LogP contribution is 2.51. The third-order valence-electron chi connectivity index (χ3n) is 3.31. The first kappa shape index (κ1) is 27.2. The predicted octanol–water partition coefficient (Wildman–Crippen LogP) is 4.63. The number of hydrogen-bond acceptors (Lipinski definition) is 6. The van der Waals surface area contributed by atoms with E-state index in [0.29, 0.717) is 6.07 Å². The van der Waals surface area contributed by atoms with Crippen molar-refractivity contribution in [1.29, 1.82) is 0 Å². The third kappa shape index (κ3) is 5.31. The molecule has 0 N–H and O–H groups in total. The van der Waals surface area contributed by atoms with E-state index in [1.807, 2.05) is 4.74 Å². The Labute approximate surface area is 169 Å². The van der Waals surface area contributed by atoms with Crippen LogP contribution in [0.1, 0.15) is 20.7 Å². The first-order valence-corrected chi connectivity index (χ1v) is 7.51. The minimum absolute atomic E-state index is 0.227. The molecule has 32 heavy (non-hydrogen) atoms. The van der Waals surface area contributed by atoms with Gasteiger partial charge in [-0.25, -0.2) is 14.3 Å². The molecule has 6 nitrogen and oxygen atoms in total. The first-order chi connectivity index (χ1) is 14.2. The standard InChI is InChI=1S/C15H9F11O6/c1-29-9(27)6-3-7(10(28)30-2)5-8(4-6)31-14(23,24)15(25,26)32-13(21,22)11(16,17)12(18,19)20/h3-5H,1-2H3. The number of benzene rings is 1. The summed E-state index contributed by atoms with van der Waals surface area (Å²) in [4.78, 5) is 23.0. The topological polar surface area (TPSA) is 71.1 Å². The molecular weight excluding hydrogens is 485 g/mol. The van der Waals surface area contributed by atoms with E-state index in [2.05, 4.69) is 14.2 Å². The van der Waals surface area contributed by atoms with E-state index in [0.717, 1.165) is 14.2 Å². The lowest BCUT2D eigenvalue weighted by Crippen LogP contribution is -2.59. The summed E-state index contributed by atoms with van der Waals surface area (Å²) < 4.78 is 156. The van der Waals surface area contributed by atoms with Gasteiger partial charge in [0.15, 0.2) is 0 Å². The minimum Gasteiger partial charge on any atom is -0.465 e. The van der Waals surface area contributed by atoms with Gasteiger partial charge in [-0.2, -0.15) is 48.3 Å². The lowest BCUT2D eigenvalue weighted by Gasteiger charge is -2.33. The molecule has 0 aliphatic heterocycles. The van der Waals surface area contributed by atoms with E-state index in [1.54, 1.807) is 0 Å². The number of esters is 2. The van der Waals surface area contributed by atoms with E-state index < -0.39 is 59.2 Å². The summed E-state index contributed by atoms with van der Waals surface area (Å²) in [5, 5.41) is 0. The molecule has 0 aliphatic rings. The molecule has 182 valence electrons. The molecule has 1 aromatic carbocycles. The minimum atomic E-state index is -7.30. The van der Waals surface area contributed by atoms with Crippen molar-refractivity contribution in [2.24, 2.45) is 0 Å². The van der Waals surface area contributed by atoms with E-state index >= 15 is 0 Å². The molecule has 17 heteroatoms. The van der Waals surface area contributed by atoms with Crippen molar-refractivity contribution in [2.45, 2.75) is 30.4 Å². The van der Waals surface area contributed by atoms with Gasteiger partial charge in [-0.3, -0.25) is 0 Å². The van der Waals surface area contributed by atoms with Gasteiger partial charge in [-0.05, 0) is 18.2 Å². The van der Waals surface area contributed by atoms with Crippen LogP contribution in [0.2, 0.25) is 0 Å². The molecule has 0 fully saturated rings. The predicted molar refractivity (Wildman–Crippen MR) is 76.7 cm³/mol. The highest BCUT2D eigenvalue weighted by atomic mass is 19.4. The third-order valence-corrected chi connectivity index (χ3v) is 3.31. The molecule has 0 spiro atoms. The molecule has 0 saturated heterocycles. The van der Waals surface area contributed by atoms with Crippen molar-refractivity contribution >= 4 is 11.9 Å². The average molecular weight is 494 g/mol. The van der Waals surface area contributed by atoms with Crippen molar-refractivity contribution < 1.29 is 76.8 Å². The van der Waals surface area contributed by atoms with Crippen LogP contribution in [0.15, 0.2) is 18.2 Å². The van der Waals surface area contributed by atoms with Gasteiger partial charge in [-0.15, -0.1) is 0 Å². The molecule has 0 bridgehead atoms. The zero-order valence-corrected chi connectivity index (χ0v) is 15.3. The van der Waals surface area contributed by atoms with Gasteiger partial charge < -0.3 is 14.2 Å². The lowest BCUT2D eigenvalue weighted by atomic mass is 10.1. The summed E-state index contributed by atoms with van der Waals surface area (Å²) in [5.41, 5.74) is -1.58. The van der Waals surface area contributed by atoms with Gasteiger partial charge in [0.2, 0.25) is 0 Å². The van der Waals surface area contributed by atoms with Crippen molar-refractivity contribution in [2.75, 3.05) is 14.2 Å². The molecule has 0 radical (unpaired) electrons. The Bertz CT molecular complexity index is 832. The van der Waals surface area contributed by atoms with Gasteiger partial charge in [0, 0.05) is 0 Å². The second kappa shape index (κ2) is 8.59. The quantitative estimate of drug-likeness (QED) is 0.388. The molecule has 1 aromatic rings. The van der Waals surface area contributed by atoms with Crippen molar-refractivity contribution in [1.82, 2.24) is 0 Å². The zero-order chi connectivity index (χ0) is 25.3. The monoisotopic (exact) mass is 494 g/mol. The Kier molecular flexibility index (Phi) is 7.30. The van der Waals surface area contributed by atoms with Crippen molar-refractivity contribution in [3.8, 4) is 5.75 Å². The summed E-state index contributed by atoms with van der Waals surface area (Å²) in [6.45, 7) is 0. The van der Waals surface area contributed by atoms with Crippen LogP contribution >= 0.6 is 0 Å². The van der Waals surface area contributed by atoms with Crippen LogP contribution in [-0.2, 0) is 14.2 Å². The summed E-state index contributed by atoms with van der Waals surface area (Å²) >= 11 is 0. The highest BCUT2D eigenvalue weighted by molar-refractivity contribution is 5.96. The van der Waals surface area contributed by atoms with Crippen LogP contribution in [0, 0.1) is 0 Å². The van der Waals surface area contributed by atoms with Crippen molar-refractivity contribution in [3.63, 3.8) is 0 Å². The van der Waals surface area contributed by atoms with Gasteiger partial charge in [0.1, 0.15) is 5.75 Å². The van der Waals surface area contributed by atoms with Crippen LogP contribution in [0.3, 0.4) is 0 Å². The number of methoxy groups -OCH3 is 2. The number of alkyl halides is 11. The second-order valence-electron chi connectivity index (χ2n) is 5.56. The Morgan fingerprint density at radius 2 is 1.06 bits per heavy atom. The normalized spacial score (nSPS) is 13.5. The Morgan fingerprint density at radius 1 is 0.656 bits per heavy atom. The van der Waals surface area contributed by atoms with Crippen LogP contribution in [0.5, 0.6) is 5.75 Å². The van der Waals surface area contributed by atoms with Crippen LogP contribution in [0.25, 0.3) is 0 Å². The molecule has 0 heterocycles. The maximum absolute atomic E-state index is 13.7. The highest BCUT2D eigenvalue weighted by Gasteiger charge is 2.79. The molecule has 0 atom stereocenters. The summed E-state index contributed by atoms with van der Waals surface area (Å²) in [7, 11) is 1.54.